The van der Waals surface area contributed by atoms with E-state index in [9.17, 15) is 4.79 Å². The molecule has 0 heterocycles. The van der Waals surface area contributed by atoms with Gasteiger partial charge in [-0.3, -0.25) is 4.79 Å². The van der Waals surface area contributed by atoms with Crippen molar-refractivity contribution in [1.82, 2.24) is 0 Å². The molecule has 13 heavy (non-hydrogen) atoms. The molecular weight excluding hydrogens is 164 g/mol. The van der Waals surface area contributed by atoms with Gasteiger partial charge in [0.25, 0.3) is 0 Å². The summed E-state index contributed by atoms with van der Waals surface area (Å²) >= 11 is 0. The number of hydrogen-bond donors (Lipinski definition) is 0. The van der Waals surface area contributed by atoms with Gasteiger partial charge in [-0.15, -0.1) is 0 Å². The lowest BCUT2D eigenvalue weighted by atomic mass is 10.0. The summed E-state index contributed by atoms with van der Waals surface area (Å²) < 4.78 is 5.24. The van der Waals surface area contributed by atoms with Crippen molar-refractivity contribution in [1.29, 1.82) is 0 Å². The fourth-order valence-corrected chi connectivity index (χ4v) is 1.12. The first-order valence-corrected chi connectivity index (χ1v) is 4.55. The zero-order valence-electron chi connectivity index (χ0n) is 8.41. The van der Waals surface area contributed by atoms with Gasteiger partial charge in [0.05, 0.1) is 5.92 Å². The summed E-state index contributed by atoms with van der Waals surface area (Å²) in [5.74, 6) is -0.354. The maximum absolute atomic E-state index is 11.5. The Morgan fingerprint density at radius 3 is 2.31 bits per heavy atom. The van der Waals surface area contributed by atoms with E-state index in [-0.39, 0.29) is 11.9 Å². The van der Waals surface area contributed by atoms with E-state index >= 15 is 0 Å². The van der Waals surface area contributed by atoms with Gasteiger partial charge in [-0.05, 0) is 27.2 Å². The topological polar surface area (TPSA) is 26.3 Å². The first-order valence-electron chi connectivity index (χ1n) is 4.55. The molecule has 72 valence electrons. The minimum atomic E-state index is -0.393. The van der Waals surface area contributed by atoms with Gasteiger partial charge in [0.2, 0.25) is 0 Å². The molecule has 0 N–H and O–H groups in total. The molecule has 2 nitrogen and oxygen atoms in total. The number of ether oxygens (including phenoxy) is 1. The zero-order valence-corrected chi connectivity index (χ0v) is 8.41. The molecule has 0 aliphatic heterocycles. The second kappa shape index (κ2) is 3.77. The smallest absolute Gasteiger partial charge is 0.317 e. The summed E-state index contributed by atoms with van der Waals surface area (Å²) in [7, 11) is 0. The molecule has 0 unspecified atom stereocenters. The second-order valence-electron chi connectivity index (χ2n) is 4.15. The Bertz CT molecular complexity index is 231. The molecule has 0 bridgehead atoms. The van der Waals surface area contributed by atoms with E-state index in [1.54, 1.807) is 0 Å². The van der Waals surface area contributed by atoms with Crippen LogP contribution in [0.2, 0.25) is 0 Å². The largest absolute Gasteiger partial charge is 0.459 e. The van der Waals surface area contributed by atoms with E-state index in [1.165, 1.54) is 0 Å². The summed E-state index contributed by atoms with van der Waals surface area (Å²) in [6.45, 7) is 5.63. The molecule has 0 aromatic heterocycles. The van der Waals surface area contributed by atoms with E-state index in [4.69, 9.17) is 4.74 Å². The first-order chi connectivity index (χ1) is 5.99. The predicted molar refractivity (Wildman–Crippen MR) is 52.2 cm³/mol. The molecule has 0 fully saturated rings. The molecule has 2 heteroatoms. The van der Waals surface area contributed by atoms with Gasteiger partial charge in [-0.1, -0.05) is 24.3 Å². The van der Waals surface area contributed by atoms with Crippen molar-refractivity contribution in [2.75, 3.05) is 0 Å². The van der Waals surface area contributed by atoms with Crippen LogP contribution in [0.3, 0.4) is 0 Å². The number of rotatable bonds is 1. The van der Waals surface area contributed by atoms with Crippen LogP contribution < -0.4 is 0 Å². The Morgan fingerprint density at radius 2 is 1.85 bits per heavy atom. The molecule has 1 rings (SSSR count). The average molecular weight is 180 g/mol. The van der Waals surface area contributed by atoms with Crippen molar-refractivity contribution in [3.8, 4) is 0 Å². The molecule has 0 aromatic carbocycles. The van der Waals surface area contributed by atoms with Crippen LogP contribution in [0.5, 0.6) is 0 Å². The SMILES string of the molecule is CC(C)(C)OC(=O)C1C=CCC=C1. The van der Waals surface area contributed by atoms with E-state index in [1.807, 2.05) is 45.1 Å². The maximum atomic E-state index is 11.5. The standard InChI is InChI=1S/C11H16O2/c1-11(2,3)13-10(12)9-7-5-4-6-8-9/h5-9H,4H2,1-3H3. The molecule has 1 aliphatic carbocycles. The molecule has 1 aliphatic rings. The van der Waals surface area contributed by atoms with Gasteiger partial charge in [0.15, 0.2) is 0 Å². The number of allylic oxidation sites excluding steroid dienone is 2. The lowest BCUT2D eigenvalue weighted by molar-refractivity contribution is -0.156. The third kappa shape index (κ3) is 3.45. The highest BCUT2D eigenvalue weighted by atomic mass is 16.6. The second-order valence-corrected chi connectivity index (χ2v) is 4.15. The Labute approximate surface area is 79.3 Å². The maximum Gasteiger partial charge on any atom is 0.317 e. The fraction of sp³-hybridized carbons (Fsp3) is 0.545. The van der Waals surface area contributed by atoms with E-state index in [0.717, 1.165) is 6.42 Å². The predicted octanol–water partition coefficient (Wildman–Crippen LogP) is 2.46. The van der Waals surface area contributed by atoms with Crippen molar-refractivity contribution in [3.63, 3.8) is 0 Å². The monoisotopic (exact) mass is 180 g/mol. The Kier molecular flexibility index (Phi) is 2.91. The zero-order chi connectivity index (χ0) is 9.90. The highest BCUT2D eigenvalue weighted by Gasteiger charge is 2.21. The molecular formula is C11H16O2. The van der Waals surface area contributed by atoms with Gasteiger partial charge in [-0.25, -0.2) is 0 Å². The van der Waals surface area contributed by atoms with E-state index in [0.29, 0.717) is 0 Å². The van der Waals surface area contributed by atoms with Gasteiger partial charge < -0.3 is 4.74 Å². The molecule has 0 saturated carbocycles. The fourth-order valence-electron chi connectivity index (χ4n) is 1.12. The van der Waals surface area contributed by atoms with Crippen LogP contribution in [0.25, 0.3) is 0 Å². The minimum Gasteiger partial charge on any atom is -0.459 e. The highest BCUT2D eigenvalue weighted by molar-refractivity contribution is 5.77. The summed E-state index contributed by atoms with van der Waals surface area (Å²) in [4.78, 5) is 11.5. The van der Waals surface area contributed by atoms with Gasteiger partial charge >= 0.3 is 5.97 Å². The van der Waals surface area contributed by atoms with Gasteiger partial charge in [-0.2, -0.15) is 0 Å². The Balaban J connectivity index is 2.53. The van der Waals surface area contributed by atoms with E-state index in [2.05, 4.69) is 0 Å². The van der Waals surface area contributed by atoms with Crippen molar-refractivity contribution < 1.29 is 9.53 Å². The molecule has 0 amide bonds. The van der Waals surface area contributed by atoms with Crippen LogP contribution in [0.15, 0.2) is 24.3 Å². The van der Waals surface area contributed by atoms with Crippen LogP contribution in [0, 0.1) is 5.92 Å². The van der Waals surface area contributed by atoms with Crippen LogP contribution in [0.4, 0.5) is 0 Å². The molecule has 0 saturated heterocycles. The van der Waals surface area contributed by atoms with Crippen molar-refractivity contribution in [3.05, 3.63) is 24.3 Å². The van der Waals surface area contributed by atoms with Crippen molar-refractivity contribution >= 4 is 5.97 Å². The molecule has 0 radical (unpaired) electrons. The Morgan fingerprint density at radius 1 is 1.31 bits per heavy atom. The molecule has 0 spiro atoms. The number of esters is 1. The van der Waals surface area contributed by atoms with Crippen LogP contribution in [-0.4, -0.2) is 11.6 Å². The number of hydrogen-bond acceptors (Lipinski definition) is 2. The van der Waals surface area contributed by atoms with Crippen LogP contribution in [-0.2, 0) is 9.53 Å². The first kappa shape index (κ1) is 10.0. The van der Waals surface area contributed by atoms with Gasteiger partial charge in [0, 0.05) is 0 Å². The lowest BCUT2D eigenvalue weighted by Gasteiger charge is -2.22. The Hall–Kier alpha value is -1.05. The lowest BCUT2D eigenvalue weighted by Crippen LogP contribution is -2.27. The van der Waals surface area contributed by atoms with Crippen LogP contribution >= 0.6 is 0 Å². The molecule has 0 aromatic rings. The quantitative estimate of drug-likeness (QED) is 0.457. The minimum absolute atomic E-state index is 0.167. The molecule has 0 atom stereocenters. The van der Waals surface area contributed by atoms with Crippen molar-refractivity contribution in [2.45, 2.75) is 32.8 Å². The number of carbonyl (C=O) groups is 1. The summed E-state index contributed by atoms with van der Waals surface area (Å²) in [6.07, 6.45) is 8.64. The summed E-state index contributed by atoms with van der Waals surface area (Å²) in [5.41, 5.74) is -0.393. The van der Waals surface area contributed by atoms with Crippen molar-refractivity contribution in [2.24, 2.45) is 5.92 Å². The normalized spacial score (nSPS) is 17.5. The number of carbonyl (C=O) groups excluding carboxylic acids is 1. The van der Waals surface area contributed by atoms with Crippen LogP contribution in [0.1, 0.15) is 27.2 Å². The summed E-state index contributed by atoms with van der Waals surface area (Å²) in [5, 5.41) is 0. The van der Waals surface area contributed by atoms with Gasteiger partial charge in [0.1, 0.15) is 5.60 Å². The highest BCUT2D eigenvalue weighted by Crippen LogP contribution is 2.15. The average Bonchev–Trinajstić information content (AvgIpc) is 2.03. The third-order valence-corrected chi connectivity index (χ3v) is 1.64. The van der Waals surface area contributed by atoms with E-state index < -0.39 is 5.60 Å². The summed E-state index contributed by atoms with van der Waals surface area (Å²) in [6, 6.07) is 0. The third-order valence-electron chi connectivity index (χ3n) is 1.64.